The van der Waals surface area contributed by atoms with Gasteiger partial charge in [-0.15, -0.1) is 0 Å². The fourth-order valence-corrected chi connectivity index (χ4v) is 5.56. The lowest BCUT2D eigenvalue weighted by Crippen LogP contribution is -2.39. The Kier molecular flexibility index (Phi) is 8.07. The molecule has 0 spiro atoms. The molecule has 1 N–H and O–H groups in total. The van der Waals surface area contributed by atoms with E-state index in [0.717, 1.165) is 75.2 Å². The number of halogens is 3. The van der Waals surface area contributed by atoms with Crippen LogP contribution in [0.5, 0.6) is 5.19 Å². The van der Waals surface area contributed by atoms with Crippen molar-refractivity contribution in [1.29, 1.82) is 0 Å². The molecule has 188 valence electrons. The van der Waals surface area contributed by atoms with Gasteiger partial charge >= 0.3 is 6.18 Å². The molecule has 0 unspecified atom stereocenters. The number of alkyl halides is 3. The van der Waals surface area contributed by atoms with E-state index in [1.807, 2.05) is 0 Å². The summed E-state index contributed by atoms with van der Waals surface area (Å²) in [7, 11) is 0. The fourth-order valence-electron chi connectivity index (χ4n) is 4.62. The Bertz CT molecular complexity index is 930. The molecule has 1 aliphatic heterocycles. The van der Waals surface area contributed by atoms with E-state index in [9.17, 15) is 18.0 Å². The largest absolute Gasteiger partial charge is 0.460 e. The number of rotatable bonds is 8. The van der Waals surface area contributed by atoms with Crippen LogP contribution in [0.2, 0.25) is 0 Å². The van der Waals surface area contributed by atoms with Crippen LogP contribution in [0.25, 0.3) is 0 Å². The average molecular weight is 502 g/mol. The van der Waals surface area contributed by atoms with E-state index < -0.39 is 12.8 Å². The molecule has 1 saturated carbocycles. The van der Waals surface area contributed by atoms with E-state index in [2.05, 4.69) is 30.1 Å². The summed E-state index contributed by atoms with van der Waals surface area (Å²) in [5.41, 5.74) is 2.10. The van der Waals surface area contributed by atoms with E-state index in [4.69, 9.17) is 4.74 Å². The first-order chi connectivity index (χ1) is 16.2. The maximum absolute atomic E-state index is 12.4. The van der Waals surface area contributed by atoms with E-state index >= 15 is 0 Å². The lowest BCUT2D eigenvalue weighted by atomic mass is 9.84. The highest BCUT2D eigenvalue weighted by Crippen LogP contribution is 2.31. The number of nitrogens with zero attached hydrogens (tertiary/aromatic N) is 4. The van der Waals surface area contributed by atoms with Crippen molar-refractivity contribution < 1.29 is 27.3 Å². The zero-order valence-corrected chi connectivity index (χ0v) is 20.0. The zero-order chi connectivity index (χ0) is 24.1. The molecule has 0 bridgehead atoms. The van der Waals surface area contributed by atoms with E-state index in [1.54, 1.807) is 6.92 Å². The molecule has 2 aromatic heterocycles. The van der Waals surface area contributed by atoms with Gasteiger partial charge in [-0.1, -0.05) is 21.7 Å². The Morgan fingerprint density at radius 1 is 1.21 bits per heavy atom. The maximum atomic E-state index is 12.4. The van der Waals surface area contributed by atoms with Crippen LogP contribution in [0, 0.1) is 12.8 Å². The number of ether oxygens (including phenoxy) is 1. The summed E-state index contributed by atoms with van der Waals surface area (Å²) in [6, 6.07) is 0.206. The third-order valence-electron chi connectivity index (χ3n) is 6.58. The molecule has 2 aromatic rings. The smallest absolute Gasteiger partial charge is 0.422 e. The highest BCUT2D eigenvalue weighted by Gasteiger charge is 2.30. The molecule has 4 rings (SSSR count). The highest BCUT2D eigenvalue weighted by atomic mass is 32.1. The summed E-state index contributed by atoms with van der Waals surface area (Å²) in [4.78, 5) is 20.0. The van der Waals surface area contributed by atoms with Crippen LogP contribution in [-0.2, 0) is 24.1 Å². The van der Waals surface area contributed by atoms with Gasteiger partial charge in [0.05, 0.1) is 12.1 Å². The second-order valence-electron chi connectivity index (χ2n) is 9.14. The van der Waals surface area contributed by atoms with Gasteiger partial charge < -0.3 is 15.0 Å². The third-order valence-corrected chi connectivity index (χ3v) is 7.65. The Morgan fingerprint density at radius 2 is 1.97 bits per heavy atom. The predicted molar refractivity (Wildman–Crippen MR) is 119 cm³/mol. The predicted octanol–water partition coefficient (Wildman–Crippen LogP) is 3.48. The van der Waals surface area contributed by atoms with Crippen molar-refractivity contribution in [3.05, 3.63) is 22.0 Å². The number of aromatic nitrogens is 3. The van der Waals surface area contributed by atoms with Crippen LogP contribution in [0.1, 0.15) is 54.1 Å². The van der Waals surface area contributed by atoms with Crippen LogP contribution < -0.4 is 10.1 Å². The topological polar surface area (TPSA) is 93.4 Å². The molecule has 0 saturated heterocycles. The minimum absolute atomic E-state index is 0.0418. The molecule has 0 atom stereocenters. The van der Waals surface area contributed by atoms with Crippen molar-refractivity contribution in [2.24, 2.45) is 5.92 Å². The first-order valence-electron chi connectivity index (χ1n) is 11.7. The number of aryl methyl sites for hydroxylation is 1. The quantitative estimate of drug-likeness (QED) is 0.592. The molecule has 1 amide bonds. The standard InChI is InChI=1S/C22H30F3N5O3S/c1-14-18(29-33-28-14)12-20(31)26-16-4-2-15(3-5-16)6-9-30-10-7-17-19(8-11-30)34-21(27-17)32-13-22(23,24)25/h15-16H,2-13H2,1H3,(H,26,31)/t15-,16-. The number of fused-ring (bicyclic) bond motifs is 1. The number of thiazole rings is 1. The van der Waals surface area contributed by atoms with E-state index in [1.165, 1.54) is 11.3 Å². The zero-order valence-electron chi connectivity index (χ0n) is 19.2. The molecular weight excluding hydrogens is 471 g/mol. The molecule has 8 nitrogen and oxygen atoms in total. The van der Waals surface area contributed by atoms with Gasteiger partial charge in [0.2, 0.25) is 5.91 Å². The monoisotopic (exact) mass is 501 g/mol. The second-order valence-corrected chi connectivity index (χ2v) is 10.2. The van der Waals surface area contributed by atoms with E-state index in [0.29, 0.717) is 17.3 Å². The molecule has 0 aromatic carbocycles. The maximum Gasteiger partial charge on any atom is 0.422 e. The first kappa shape index (κ1) is 24.9. The van der Waals surface area contributed by atoms with Crippen molar-refractivity contribution >= 4 is 17.2 Å². The average Bonchev–Trinajstić information content (AvgIpc) is 3.32. The van der Waals surface area contributed by atoms with Crippen molar-refractivity contribution in [2.75, 3.05) is 26.2 Å². The van der Waals surface area contributed by atoms with Crippen molar-refractivity contribution in [2.45, 2.75) is 70.5 Å². The van der Waals surface area contributed by atoms with Gasteiger partial charge in [-0.25, -0.2) is 9.61 Å². The minimum atomic E-state index is -4.35. The number of nitrogens with one attached hydrogen (secondary N) is 1. The van der Waals surface area contributed by atoms with Crippen LogP contribution in [-0.4, -0.2) is 64.6 Å². The van der Waals surface area contributed by atoms with Crippen molar-refractivity contribution in [3.63, 3.8) is 0 Å². The number of amides is 1. The summed E-state index contributed by atoms with van der Waals surface area (Å²) in [6.07, 6.45) is 2.65. The number of hydrogen-bond acceptors (Lipinski definition) is 8. The Balaban J connectivity index is 1.14. The second kappa shape index (κ2) is 11.0. The van der Waals surface area contributed by atoms with E-state index in [-0.39, 0.29) is 23.6 Å². The summed E-state index contributed by atoms with van der Waals surface area (Å²) >= 11 is 1.24. The summed E-state index contributed by atoms with van der Waals surface area (Å²) in [5, 5.41) is 10.7. The molecule has 0 radical (unpaired) electrons. The SMILES string of the molecule is Cc1nonc1CC(=O)N[C@H]1CC[C@H](CCN2CCc3nc(OCC(F)(F)F)sc3CC2)CC1. The molecular formula is C22H30F3N5O3S. The summed E-state index contributed by atoms with van der Waals surface area (Å²) < 4.78 is 46.5. The third kappa shape index (κ3) is 7.14. The van der Waals surface area contributed by atoms with Gasteiger partial charge in [-0.2, -0.15) is 13.2 Å². The molecule has 1 aliphatic carbocycles. The Labute approximate surface area is 200 Å². The lowest BCUT2D eigenvalue weighted by Gasteiger charge is -2.30. The molecule has 3 heterocycles. The van der Waals surface area contributed by atoms with Crippen LogP contribution >= 0.6 is 11.3 Å². The molecule has 2 aliphatic rings. The molecule has 34 heavy (non-hydrogen) atoms. The van der Waals surface area contributed by atoms with Crippen LogP contribution in [0.15, 0.2) is 4.63 Å². The van der Waals surface area contributed by atoms with Gasteiger partial charge in [-0.3, -0.25) is 4.79 Å². The lowest BCUT2D eigenvalue weighted by molar-refractivity contribution is -0.153. The first-order valence-corrected chi connectivity index (χ1v) is 12.5. The van der Waals surface area contributed by atoms with Crippen LogP contribution in [0.4, 0.5) is 13.2 Å². The Morgan fingerprint density at radius 3 is 2.68 bits per heavy atom. The van der Waals surface area contributed by atoms with Gasteiger partial charge in [0.15, 0.2) is 6.61 Å². The van der Waals surface area contributed by atoms with Crippen molar-refractivity contribution in [3.8, 4) is 5.19 Å². The molecule has 1 fully saturated rings. The Hall–Kier alpha value is -2.21. The minimum Gasteiger partial charge on any atom is -0.460 e. The van der Waals surface area contributed by atoms with Gasteiger partial charge in [0, 0.05) is 30.4 Å². The van der Waals surface area contributed by atoms with Crippen molar-refractivity contribution in [1.82, 2.24) is 25.5 Å². The highest BCUT2D eigenvalue weighted by molar-refractivity contribution is 7.13. The number of carbonyl (C=O) groups is 1. The summed E-state index contributed by atoms with van der Waals surface area (Å²) in [6.45, 7) is 3.23. The van der Waals surface area contributed by atoms with Gasteiger partial charge in [0.1, 0.15) is 11.4 Å². The van der Waals surface area contributed by atoms with Crippen LogP contribution in [0.3, 0.4) is 0 Å². The number of carbonyl (C=O) groups excluding carboxylic acids is 1. The summed E-state index contributed by atoms with van der Waals surface area (Å²) in [5.74, 6) is 0.604. The van der Waals surface area contributed by atoms with Gasteiger partial charge in [-0.05, 0) is 57.9 Å². The van der Waals surface area contributed by atoms with Gasteiger partial charge in [0.25, 0.3) is 5.19 Å². The number of hydrogen-bond donors (Lipinski definition) is 1. The molecule has 12 heteroatoms. The fraction of sp³-hybridized carbons (Fsp3) is 0.727. The normalized spacial score (nSPS) is 21.6.